The van der Waals surface area contributed by atoms with Crippen LogP contribution in [0.5, 0.6) is 5.95 Å². The van der Waals surface area contributed by atoms with Gasteiger partial charge < -0.3 is 24.5 Å². The standard InChI is InChI=1S/C16H21N5O5/c1-25-14-5-4-13(26-14)16(24)20-7-2-3-11(9-20)21-10-12(18-19-21)15(23)17-6-8-22/h4-5,10-11,22H,2-3,6-9H2,1H3,(H,17,23). The molecular formula is C16H21N5O5. The smallest absolute Gasteiger partial charge is 0.289 e. The molecule has 1 aliphatic heterocycles. The third-order valence-corrected chi connectivity index (χ3v) is 4.19. The predicted octanol–water partition coefficient (Wildman–Crippen LogP) is 0.0791. The third-order valence-electron chi connectivity index (χ3n) is 4.19. The van der Waals surface area contributed by atoms with Gasteiger partial charge in [-0.05, 0) is 18.9 Å². The number of hydrogen-bond acceptors (Lipinski definition) is 7. The van der Waals surface area contributed by atoms with Crippen molar-refractivity contribution in [3.8, 4) is 5.95 Å². The van der Waals surface area contributed by atoms with E-state index in [0.717, 1.165) is 12.8 Å². The van der Waals surface area contributed by atoms with Crippen molar-refractivity contribution in [3.05, 3.63) is 29.8 Å². The van der Waals surface area contributed by atoms with E-state index in [9.17, 15) is 9.59 Å². The number of aliphatic hydroxyl groups excluding tert-OH is 1. The monoisotopic (exact) mass is 363 g/mol. The topological polar surface area (TPSA) is 123 Å². The van der Waals surface area contributed by atoms with Gasteiger partial charge in [-0.15, -0.1) is 5.10 Å². The highest BCUT2D eigenvalue weighted by molar-refractivity contribution is 5.92. The SMILES string of the molecule is COc1ccc(C(=O)N2CCCC(n3cc(C(=O)NCCO)nn3)C2)o1. The van der Waals surface area contributed by atoms with Crippen LogP contribution in [0.15, 0.2) is 22.7 Å². The molecule has 0 spiro atoms. The molecule has 2 N–H and O–H groups in total. The molecule has 1 fully saturated rings. The second kappa shape index (κ2) is 8.00. The van der Waals surface area contributed by atoms with E-state index in [1.165, 1.54) is 7.11 Å². The average molecular weight is 363 g/mol. The van der Waals surface area contributed by atoms with Crippen molar-refractivity contribution >= 4 is 11.8 Å². The number of rotatable bonds is 6. The molecule has 0 aliphatic carbocycles. The van der Waals surface area contributed by atoms with Crippen molar-refractivity contribution < 1.29 is 23.8 Å². The summed E-state index contributed by atoms with van der Waals surface area (Å²) in [7, 11) is 1.48. The second-order valence-corrected chi connectivity index (χ2v) is 5.93. The van der Waals surface area contributed by atoms with Crippen LogP contribution < -0.4 is 10.1 Å². The van der Waals surface area contributed by atoms with Crippen LogP contribution in [0.1, 0.15) is 39.9 Å². The van der Waals surface area contributed by atoms with Crippen LogP contribution in [0.25, 0.3) is 0 Å². The van der Waals surface area contributed by atoms with Crippen molar-refractivity contribution in [1.29, 1.82) is 0 Å². The van der Waals surface area contributed by atoms with Gasteiger partial charge in [0.25, 0.3) is 17.8 Å². The fourth-order valence-electron chi connectivity index (χ4n) is 2.87. The van der Waals surface area contributed by atoms with E-state index in [-0.39, 0.29) is 42.5 Å². The highest BCUT2D eigenvalue weighted by atomic mass is 16.6. The lowest BCUT2D eigenvalue weighted by Gasteiger charge is -2.31. The lowest BCUT2D eigenvalue weighted by molar-refractivity contribution is 0.0633. The summed E-state index contributed by atoms with van der Waals surface area (Å²) >= 11 is 0. The first-order valence-corrected chi connectivity index (χ1v) is 8.36. The molecule has 2 aromatic heterocycles. The molecule has 3 heterocycles. The lowest BCUT2D eigenvalue weighted by Crippen LogP contribution is -2.40. The number of nitrogens with zero attached hydrogens (tertiary/aromatic N) is 4. The molecule has 1 aliphatic rings. The summed E-state index contributed by atoms with van der Waals surface area (Å²) < 4.78 is 11.9. The van der Waals surface area contributed by atoms with Gasteiger partial charge in [0.1, 0.15) is 0 Å². The molecule has 1 unspecified atom stereocenters. The summed E-state index contributed by atoms with van der Waals surface area (Å²) in [6, 6.07) is 3.11. The van der Waals surface area contributed by atoms with E-state index < -0.39 is 5.91 Å². The molecule has 140 valence electrons. The van der Waals surface area contributed by atoms with Gasteiger partial charge >= 0.3 is 0 Å². The number of ether oxygens (including phenoxy) is 1. The quantitative estimate of drug-likeness (QED) is 0.745. The number of carbonyl (C=O) groups excluding carboxylic acids is 2. The average Bonchev–Trinajstić information content (AvgIpc) is 3.35. The van der Waals surface area contributed by atoms with Gasteiger partial charge in [-0.1, -0.05) is 5.21 Å². The number of amides is 2. The summed E-state index contributed by atoms with van der Waals surface area (Å²) in [6.45, 7) is 1.08. The van der Waals surface area contributed by atoms with Crippen LogP contribution in [0.4, 0.5) is 0 Å². The highest BCUT2D eigenvalue weighted by Gasteiger charge is 2.28. The van der Waals surface area contributed by atoms with Gasteiger partial charge in [-0.2, -0.15) is 0 Å². The first-order chi connectivity index (χ1) is 12.6. The number of nitrogens with one attached hydrogen (secondary N) is 1. The Morgan fingerprint density at radius 1 is 1.46 bits per heavy atom. The molecule has 10 heteroatoms. The number of likely N-dealkylation sites (tertiary alicyclic amines) is 1. The fourth-order valence-corrected chi connectivity index (χ4v) is 2.87. The van der Waals surface area contributed by atoms with Crippen LogP contribution in [-0.2, 0) is 0 Å². The zero-order chi connectivity index (χ0) is 18.5. The van der Waals surface area contributed by atoms with Crippen LogP contribution in [0.3, 0.4) is 0 Å². The number of methoxy groups -OCH3 is 1. The third kappa shape index (κ3) is 3.85. The Bertz CT molecular complexity index is 771. The second-order valence-electron chi connectivity index (χ2n) is 5.93. The number of furan rings is 1. The zero-order valence-corrected chi connectivity index (χ0v) is 14.4. The van der Waals surface area contributed by atoms with Crippen molar-refractivity contribution in [3.63, 3.8) is 0 Å². The largest absolute Gasteiger partial charge is 0.468 e. The summed E-state index contributed by atoms with van der Waals surface area (Å²) in [6.07, 6.45) is 3.19. The van der Waals surface area contributed by atoms with Gasteiger partial charge in [0, 0.05) is 25.7 Å². The van der Waals surface area contributed by atoms with Crippen LogP contribution >= 0.6 is 0 Å². The minimum absolute atomic E-state index is 0.0727. The van der Waals surface area contributed by atoms with Crippen molar-refractivity contribution in [2.45, 2.75) is 18.9 Å². The minimum Gasteiger partial charge on any atom is -0.468 e. The van der Waals surface area contributed by atoms with E-state index in [4.69, 9.17) is 14.3 Å². The Labute approximate surface area is 149 Å². The van der Waals surface area contributed by atoms with Crippen LogP contribution in [0.2, 0.25) is 0 Å². The molecule has 0 radical (unpaired) electrons. The zero-order valence-electron chi connectivity index (χ0n) is 14.4. The molecular weight excluding hydrogens is 342 g/mol. The Hall–Kier alpha value is -2.88. The van der Waals surface area contributed by atoms with Gasteiger partial charge in [-0.25, -0.2) is 4.68 Å². The first kappa shape index (κ1) is 17.9. The van der Waals surface area contributed by atoms with Crippen molar-refractivity contribution in [1.82, 2.24) is 25.2 Å². The number of aromatic nitrogens is 3. The Morgan fingerprint density at radius 2 is 2.31 bits per heavy atom. The van der Waals surface area contributed by atoms with Gasteiger partial charge in [0.05, 0.1) is 26.0 Å². The van der Waals surface area contributed by atoms with Crippen molar-refractivity contribution in [2.75, 3.05) is 33.4 Å². The Morgan fingerprint density at radius 3 is 3.04 bits per heavy atom. The molecule has 0 saturated carbocycles. The molecule has 0 aromatic carbocycles. The number of hydrogen-bond donors (Lipinski definition) is 2. The Kier molecular flexibility index (Phi) is 5.52. The molecule has 3 rings (SSSR count). The summed E-state index contributed by atoms with van der Waals surface area (Å²) in [4.78, 5) is 26.1. The number of carbonyl (C=O) groups is 2. The van der Waals surface area contributed by atoms with Gasteiger partial charge in [0.15, 0.2) is 11.5 Å². The summed E-state index contributed by atoms with van der Waals surface area (Å²) in [5.74, 6) is -0.0855. The first-order valence-electron chi connectivity index (χ1n) is 8.36. The normalized spacial score (nSPS) is 17.2. The van der Waals surface area contributed by atoms with E-state index in [1.807, 2.05) is 0 Å². The highest BCUT2D eigenvalue weighted by Crippen LogP contribution is 2.24. The minimum atomic E-state index is -0.392. The Balaban J connectivity index is 1.65. The van der Waals surface area contributed by atoms with Crippen LogP contribution in [-0.4, -0.2) is 70.2 Å². The molecule has 1 atom stereocenters. The number of aliphatic hydroxyl groups is 1. The fraction of sp³-hybridized carbons (Fsp3) is 0.500. The molecule has 0 bridgehead atoms. The summed E-state index contributed by atoms with van der Waals surface area (Å²) in [5, 5.41) is 19.2. The predicted molar refractivity (Wildman–Crippen MR) is 88.9 cm³/mol. The molecule has 2 aromatic rings. The molecule has 2 amide bonds. The maximum atomic E-state index is 12.6. The van der Waals surface area contributed by atoms with E-state index in [0.29, 0.717) is 13.1 Å². The van der Waals surface area contributed by atoms with Gasteiger partial charge in [-0.3, -0.25) is 9.59 Å². The molecule has 1 saturated heterocycles. The molecule has 10 nitrogen and oxygen atoms in total. The maximum absolute atomic E-state index is 12.6. The molecule has 26 heavy (non-hydrogen) atoms. The summed E-state index contributed by atoms with van der Waals surface area (Å²) in [5.41, 5.74) is 0.178. The van der Waals surface area contributed by atoms with Crippen molar-refractivity contribution in [2.24, 2.45) is 0 Å². The maximum Gasteiger partial charge on any atom is 0.289 e. The lowest BCUT2D eigenvalue weighted by atomic mass is 10.1. The van der Waals surface area contributed by atoms with E-state index in [2.05, 4.69) is 15.6 Å². The number of piperidine rings is 1. The van der Waals surface area contributed by atoms with Gasteiger partial charge in [0.2, 0.25) is 0 Å². The van der Waals surface area contributed by atoms with E-state index in [1.54, 1.807) is 27.9 Å². The van der Waals surface area contributed by atoms with Crippen LogP contribution in [0, 0.1) is 0 Å². The van der Waals surface area contributed by atoms with E-state index >= 15 is 0 Å².